The summed E-state index contributed by atoms with van der Waals surface area (Å²) < 4.78 is 1.78. The van der Waals surface area contributed by atoms with Crippen molar-refractivity contribution in [2.45, 2.75) is 50.1 Å². The highest BCUT2D eigenvalue weighted by molar-refractivity contribution is 6.25. The minimum atomic E-state index is -3.01. The van der Waals surface area contributed by atoms with Gasteiger partial charge in [0.25, 0.3) is 5.91 Å². The van der Waals surface area contributed by atoms with Gasteiger partial charge in [-0.1, -0.05) is 13.0 Å². The van der Waals surface area contributed by atoms with Crippen molar-refractivity contribution in [3.05, 3.63) is 64.1 Å². The fourth-order valence-corrected chi connectivity index (χ4v) is 6.87. The Hall–Kier alpha value is -4.57. The summed E-state index contributed by atoms with van der Waals surface area (Å²) in [5.41, 5.74) is 0.694. The molecule has 1 aromatic heterocycles. The smallest absolute Gasteiger partial charge is 0.255 e. The molecule has 45 heavy (non-hydrogen) atoms. The predicted molar refractivity (Wildman–Crippen MR) is 158 cm³/mol. The van der Waals surface area contributed by atoms with Gasteiger partial charge in [-0.05, 0) is 38.6 Å². The number of amides is 2. The van der Waals surface area contributed by atoms with Crippen LogP contribution in [0.25, 0.3) is 0 Å². The third kappa shape index (κ3) is 4.61. The summed E-state index contributed by atoms with van der Waals surface area (Å²) in [5, 5.41) is 62.8. The molecule has 1 heterocycles. The average Bonchev–Trinajstić information content (AvgIpc) is 3.38. The van der Waals surface area contributed by atoms with Crippen molar-refractivity contribution in [2.75, 3.05) is 19.4 Å². The normalized spacial score (nSPS) is 28.5. The fraction of sp³-hybridized carbons (Fsp3) is 0.433. The van der Waals surface area contributed by atoms with Gasteiger partial charge in [0.1, 0.15) is 22.9 Å². The Morgan fingerprint density at radius 3 is 2.44 bits per heavy atom. The first-order valence-corrected chi connectivity index (χ1v) is 14.2. The maximum Gasteiger partial charge on any atom is 0.255 e. The number of aromatic nitrogens is 2. The standard InChI is InChI=1S/C30H36N6O9/c1-11-13-6-7-14(34-29(44)12(2)33-10-15-32-8-9-36(15)5)22(37)17(13)23(38)18-16(11)24(39)20-21(35(3)4)25(40)19(28(31)43)27(42)30(20,45)26(18)41/h6-9,11-12,16,20-21,24,33,37,39-41,45H,10H2,1-5H3,(H2,31,43)(H,34,44)/t11?,12?,16?,20?,21-,24?,30?/m0/s1. The van der Waals surface area contributed by atoms with Gasteiger partial charge in [-0.2, -0.15) is 0 Å². The van der Waals surface area contributed by atoms with Gasteiger partial charge < -0.3 is 41.2 Å². The summed E-state index contributed by atoms with van der Waals surface area (Å²) in [6, 6.07) is 0.811. The van der Waals surface area contributed by atoms with E-state index >= 15 is 0 Å². The van der Waals surface area contributed by atoms with Gasteiger partial charge in [-0.15, -0.1) is 0 Å². The molecule has 15 heteroatoms. The molecule has 0 spiro atoms. The largest absolute Gasteiger partial charge is 0.510 e. The number of aliphatic hydroxyl groups excluding tert-OH is 3. The molecule has 0 saturated heterocycles. The number of phenolic OH excluding ortho intramolecular Hbond substituents is 1. The summed E-state index contributed by atoms with van der Waals surface area (Å²) in [6.45, 7) is 3.50. The van der Waals surface area contributed by atoms with Crippen LogP contribution in [0.3, 0.4) is 0 Å². The molecule has 3 aliphatic rings. The van der Waals surface area contributed by atoms with E-state index in [1.54, 1.807) is 30.8 Å². The van der Waals surface area contributed by atoms with Crippen LogP contribution in [0.5, 0.6) is 5.75 Å². The van der Waals surface area contributed by atoms with E-state index in [2.05, 4.69) is 15.6 Å². The lowest BCUT2D eigenvalue weighted by atomic mass is 9.55. The number of hydrogen-bond donors (Lipinski definition) is 8. The Balaban J connectivity index is 1.55. The maximum absolute atomic E-state index is 14.0. The van der Waals surface area contributed by atoms with Crippen molar-refractivity contribution >= 4 is 29.1 Å². The molecule has 0 radical (unpaired) electrons. The lowest BCUT2D eigenvalue weighted by molar-refractivity contribution is -0.162. The number of carbonyl (C=O) groups excluding carboxylic acids is 4. The lowest BCUT2D eigenvalue weighted by Gasteiger charge is -2.53. The lowest BCUT2D eigenvalue weighted by Crippen LogP contribution is -2.68. The highest BCUT2D eigenvalue weighted by Crippen LogP contribution is 2.56. The summed E-state index contributed by atoms with van der Waals surface area (Å²) >= 11 is 0. The Morgan fingerprint density at radius 2 is 1.87 bits per heavy atom. The molecule has 240 valence electrons. The number of fused-ring (bicyclic) bond motifs is 3. The van der Waals surface area contributed by atoms with E-state index < -0.39 is 93.3 Å². The van der Waals surface area contributed by atoms with E-state index in [0.717, 1.165) is 0 Å². The van der Waals surface area contributed by atoms with Gasteiger partial charge in [0, 0.05) is 30.9 Å². The van der Waals surface area contributed by atoms with Crippen molar-refractivity contribution in [2.24, 2.45) is 24.6 Å². The number of anilines is 1. The van der Waals surface area contributed by atoms with E-state index in [1.807, 2.05) is 7.05 Å². The van der Waals surface area contributed by atoms with Crippen molar-refractivity contribution in [3.8, 4) is 5.75 Å². The van der Waals surface area contributed by atoms with Crippen molar-refractivity contribution in [1.29, 1.82) is 0 Å². The van der Waals surface area contributed by atoms with E-state index in [-0.39, 0.29) is 23.4 Å². The number of nitrogens with zero attached hydrogens (tertiary/aromatic N) is 3. The average molecular weight is 625 g/mol. The zero-order valence-electron chi connectivity index (χ0n) is 25.3. The minimum Gasteiger partial charge on any atom is -0.510 e. The van der Waals surface area contributed by atoms with Crippen LogP contribution in [0, 0.1) is 11.8 Å². The van der Waals surface area contributed by atoms with Crippen LogP contribution in [-0.2, 0) is 28.0 Å². The molecule has 2 aromatic rings. The highest BCUT2D eigenvalue weighted by Gasteiger charge is 2.67. The first kappa shape index (κ1) is 31.8. The van der Waals surface area contributed by atoms with E-state index in [4.69, 9.17) is 5.73 Å². The van der Waals surface area contributed by atoms with Crippen LogP contribution in [0.2, 0.25) is 0 Å². The van der Waals surface area contributed by atoms with E-state index in [9.17, 15) is 44.7 Å². The molecule has 9 N–H and O–H groups in total. The summed E-state index contributed by atoms with van der Waals surface area (Å²) in [5.74, 6) is -9.78. The molecule has 2 amide bonds. The van der Waals surface area contributed by atoms with Gasteiger partial charge in [0.05, 0.1) is 41.9 Å². The van der Waals surface area contributed by atoms with Gasteiger partial charge in [-0.3, -0.25) is 29.4 Å². The second-order valence-corrected chi connectivity index (χ2v) is 12.0. The van der Waals surface area contributed by atoms with Gasteiger partial charge in [0.2, 0.25) is 11.7 Å². The Bertz CT molecular complexity index is 1690. The number of nitrogens with one attached hydrogen (secondary N) is 2. The summed E-state index contributed by atoms with van der Waals surface area (Å²) in [4.78, 5) is 58.2. The van der Waals surface area contributed by atoms with Gasteiger partial charge in [0.15, 0.2) is 17.1 Å². The molecular weight excluding hydrogens is 588 g/mol. The number of aliphatic hydroxyl groups is 4. The summed E-state index contributed by atoms with van der Waals surface area (Å²) in [6.07, 6.45) is 1.68. The molecule has 3 aliphatic carbocycles. The second-order valence-electron chi connectivity index (χ2n) is 12.0. The molecule has 5 rings (SSSR count). The number of benzene rings is 1. The first-order chi connectivity index (χ1) is 21.0. The Labute approximate surface area is 257 Å². The third-order valence-electron chi connectivity index (χ3n) is 9.27. The van der Waals surface area contributed by atoms with E-state index in [0.29, 0.717) is 5.82 Å². The molecule has 1 aromatic carbocycles. The maximum atomic E-state index is 14.0. The number of imidazole rings is 1. The van der Waals surface area contributed by atoms with Crippen LogP contribution >= 0.6 is 0 Å². The number of ketones is 2. The number of likely N-dealkylation sites (N-methyl/N-ethyl adjacent to an activating group) is 1. The van der Waals surface area contributed by atoms with E-state index in [1.165, 1.54) is 31.1 Å². The summed E-state index contributed by atoms with van der Waals surface area (Å²) in [7, 11) is 4.74. The Kier molecular flexibility index (Phi) is 7.85. The Morgan fingerprint density at radius 1 is 1.20 bits per heavy atom. The first-order valence-electron chi connectivity index (χ1n) is 14.2. The zero-order chi connectivity index (χ0) is 33.3. The second kappa shape index (κ2) is 11.1. The predicted octanol–water partition coefficient (Wildman–Crippen LogP) is -0.497. The van der Waals surface area contributed by atoms with Crippen LogP contribution in [-0.4, -0.2) is 101 Å². The quantitative estimate of drug-likeness (QED) is 0.144. The van der Waals surface area contributed by atoms with Crippen LogP contribution in [0.1, 0.15) is 41.5 Å². The fourth-order valence-electron chi connectivity index (χ4n) is 6.87. The zero-order valence-corrected chi connectivity index (χ0v) is 25.3. The van der Waals surface area contributed by atoms with Crippen LogP contribution in [0.4, 0.5) is 5.69 Å². The molecule has 7 atom stereocenters. The molecule has 0 aliphatic heterocycles. The number of aromatic hydroxyl groups is 1. The topological polar surface area (TPSA) is 241 Å². The molecular formula is C30H36N6O9. The molecule has 0 bridgehead atoms. The monoisotopic (exact) mass is 624 g/mol. The number of aryl methyl sites for hydroxylation is 1. The van der Waals surface area contributed by atoms with Gasteiger partial charge >= 0.3 is 0 Å². The highest BCUT2D eigenvalue weighted by atomic mass is 16.4. The minimum absolute atomic E-state index is 0.110. The number of nitrogens with two attached hydrogens (primary N) is 1. The number of phenols is 1. The molecule has 0 fully saturated rings. The van der Waals surface area contributed by atoms with Crippen LogP contribution < -0.4 is 16.4 Å². The number of rotatable bonds is 7. The van der Waals surface area contributed by atoms with Crippen LogP contribution in [0.15, 0.2) is 47.2 Å². The molecule has 0 saturated carbocycles. The SMILES string of the molecule is CC(NCc1nccn1C)C(=O)Nc1ccc2c(c1O)C(=O)C1=C(O)C3(O)C(=O)C(C(N)=O)=C(O)[C@@H](N(C)C)C3C(O)C1C2C. The number of primary amides is 1. The number of hydrogen-bond acceptors (Lipinski definition) is 12. The van der Waals surface area contributed by atoms with Crippen molar-refractivity contribution in [3.63, 3.8) is 0 Å². The molecule has 15 nitrogen and oxygen atoms in total. The van der Waals surface area contributed by atoms with Crippen molar-refractivity contribution < 1.29 is 44.7 Å². The van der Waals surface area contributed by atoms with Crippen molar-refractivity contribution in [1.82, 2.24) is 19.8 Å². The third-order valence-corrected chi connectivity index (χ3v) is 9.27. The number of carbonyl (C=O) groups is 4. The molecule has 6 unspecified atom stereocenters. The number of Topliss-reactive ketones (excluding diaryl/α,β-unsaturated/α-hetero) is 2. The van der Waals surface area contributed by atoms with Gasteiger partial charge in [-0.25, -0.2) is 4.98 Å².